The van der Waals surface area contributed by atoms with Crippen molar-refractivity contribution in [2.24, 2.45) is 0 Å². The maximum atomic E-state index is 13.2. The highest BCUT2D eigenvalue weighted by Gasteiger charge is 2.36. The monoisotopic (exact) mass is 237 g/mol. The van der Waals surface area contributed by atoms with Crippen LogP contribution in [-0.4, -0.2) is 11.3 Å². The van der Waals surface area contributed by atoms with Crippen molar-refractivity contribution < 1.29 is 4.39 Å². The SMILES string of the molecule is Fc1ccc2c(c1)SC1(CCCCC1)CN2. The second kappa shape index (κ2) is 3.95. The number of benzene rings is 1. The first-order chi connectivity index (χ1) is 7.77. The molecule has 16 heavy (non-hydrogen) atoms. The standard InChI is InChI=1S/C13H16FNS/c14-10-4-5-11-12(8-10)16-13(9-15-11)6-2-1-3-7-13/h4-5,8,15H,1-3,6-7,9H2. The fraction of sp³-hybridized carbons (Fsp3) is 0.538. The van der Waals surface area contributed by atoms with Crippen LogP contribution in [0.5, 0.6) is 0 Å². The lowest BCUT2D eigenvalue weighted by atomic mass is 9.88. The van der Waals surface area contributed by atoms with Gasteiger partial charge in [0, 0.05) is 21.9 Å². The van der Waals surface area contributed by atoms with Crippen molar-refractivity contribution >= 4 is 17.4 Å². The van der Waals surface area contributed by atoms with Crippen molar-refractivity contribution in [1.29, 1.82) is 0 Å². The third-order valence-corrected chi connectivity index (χ3v) is 5.18. The molecule has 1 N–H and O–H groups in total. The van der Waals surface area contributed by atoms with Gasteiger partial charge in [-0.1, -0.05) is 19.3 Å². The van der Waals surface area contributed by atoms with Crippen LogP contribution in [0.4, 0.5) is 10.1 Å². The number of hydrogen-bond acceptors (Lipinski definition) is 2. The summed E-state index contributed by atoms with van der Waals surface area (Å²) in [5.41, 5.74) is 1.10. The average molecular weight is 237 g/mol. The molecule has 3 rings (SSSR count). The van der Waals surface area contributed by atoms with Gasteiger partial charge < -0.3 is 5.32 Å². The molecule has 3 heteroatoms. The minimum atomic E-state index is -0.124. The molecular weight excluding hydrogens is 221 g/mol. The van der Waals surface area contributed by atoms with E-state index < -0.39 is 0 Å². The molecule has 1 nitrogen and oxygen atoms in total. The van der Waals surface area contributed by atoms with Crippen LogP contribution in [0.3, 0.4) is 0 Å². The molecular formula is C13H16FNS. The third kappa shape index (κ3) is 1.81. The van der Waals surface area contributed by atoms with Gasteiger partial charge in [0.2, 0.25) is 0 Å². The molecule has 1 fully saturated rings. The molecule has 1 saturated carbocycles. The molecule has 0 saturated heterocycles. The Hall–Kier alpha value is -0.700. The zero-order valence-electron chi connectivity index (χ0n) is 9.26. The maximum Gasteiger partial charge on any atom is 0.124 e. The van der Waals surface area contributed by atoms with Crippen LogP contribution < -0.4 is 5.32 Å². The van der Waals surface area contributed by atoms with E-state index >= 15 is 0 Å². The molecule has 1 aromatic rings. The molecule has 1 aromatic carbocycles. The van der Waals surface area contributed by atoms with Gasteiger partial charge in [-0.3, -0.25) is 0 Å². The van der Waals surface area contributed by atoms with Gasteiger partial charge in [0.05, 0.1) is 0 Å². The van der Waals surface area contributed by atoms with Crippen LogP contribution in [0.1, 0.15) is 32.1 Å². The van der Waals surface area contributed by atoms with E-state index in [-0.39, 0.29) is 5.82 Å². The highest BCUT2D eigenvalue weighted by atomic mass is 32.2. The van der Waals surface area contributed by atoms with Crippen LogP contribution in [0.25, 0.3) is 0 Å². The molecule has 86 valence electrons. The highest BCUT2D eigenvalue weighted by Crippen LogP contribution is 2.49. The quantitative estimate of drug-likeness (QED) is 0.730. The van der Waals surface area contributed by atoms with E-state index in [1.54, 1.807) is 6.07 Å². The molecule has 0 bridgehead atoms. The molecule has 0 radical (unpaired) electrons. The molecule has 0 atom stereocenters. The molecule has 1 heterocycles. The van der Waals surface area contributed by atoms with E-state index in [2.05, 4.69) is 5.32 Å². The fourth-order valence-corrected chi connectivity index (χ4v) is 4.25. The summed E-state index contributed by atoms with van der Waals surface area (Å²) < 4.78 is 13.5. The van der Waals surface area contributed by atoms with Gasteiger partial charge in [0.25, 0.3) is 0 Å². The zero-order valence-corrected chi connectivity index (χ0v) is 10.1. The van der Waals surface area contributed by atoms with Crippen molar-refractivity contribution in [3.05, 3.63) is 24.0 Å². The Morgan fingerprint density at radius 2 is 2.00 bits per heavy atom. The van der Waals surface area contributed by atoms with Crippen LogP contribution in [0.15, 0.2) is 23.1 Å². The molecule has 1 aliphatic carbocycles. The van der Waals surface area contributed by atoms with Crippen LogP contribution in [0, 0.1) is 5.82 Å². The van der Waals surface area contributed by atoms with Crippen LogP contribution in [-0.2, 0) is 0 Å². The largest absolute Gasteiger partial charge is 0.383 e. The van der Waals surface area contributed by atoms with E-state index in [1.165, 1.54) is 38.2 Å². The molecule has 1 spiro atoms. The van der Waals surface area contributed by atoms with Crippen molar-refractivity contribution in [1.82, 2.24) is 0 Å². The Balaban J connectivity index is 1.89. The lowest BCUT2D eigenvalue weighted by Crippen LogP contribution is -2.38. The molecule has 0 aromatic heterocycles. The first kappa shape index (κ1) is 10.5. The third-order valence-electron chi connectivity index (χ3n) is 3.64. The first-order valence-electron chi connectivity index (χ1n) is 6.00. The predicted octanol–water partition coefficient (Wildman–Crippen LogP) is 4.05. The summed E-state index contributed by atoms with van der Waals surface area (Å²) in [6.45, 7) is 1.04. The summed E-state index contributed by atoms with van der Waals surface area (Å²) in [4.78, 5) is 1.09. The second-order valence-corrected chi connectivity index (χ2v) is 6.35. The number of hydrogen-bond donors (Lipinski definition) is 1. The Morgan fingerprint density at radius 1 is 1.19 bits per heavy atom. The van der Waals surface area contributed by atoms with Crippen molar-refractivity contribution in [3.8, 4) is 0 Å². The van der Waals surface area contributed by atoms with Crippen molar-refractivity contribution in [2.45, 2.75) is 41.7 Å². The molecule has 0 unspecified atom stereocenters. The van der Waals surface area contributed by atoms with E-state index in [9.17, 15) is 4.39 Å². The van der Waals surface area contributed by atoms with Gasteiger partial charge in [0.15, 0.2) is 0 Å². The number of thioether (sulfide) groups is 1. The molecule has 0 amide bonds. The van der Waals surface area contributed by atoms with E-state index in [0.717, 1.165) is 17.1 Å². The minimum absolute atomic E-state index is 0.124. The molecule has 1 aliphatic heterocycles. The summed E-state index contributed by atoms with van der Waals surface area (Å²) in [6.07, 6.45) is 6.53. The van der Waals surface area contributed by atoms with E-state index in [0.29, 0.717) is 4.75 Å². The number of halogens is 1. The Kier molecular flexibility index (Phi) is 2.58. The normalized spacial score (nSPS) is 22.6. The second-order valence-electron chi connectivity index (χ2n) is 4.84. The topological polar surface area (TPSA) is 12.0 Å². The van der Waals surface area contributed by atoms with Crippen molar-refractivity contribution in [3.63, 3.8) is 0 Å². The Morgan fingerprint density at radius 3 is 2.81 bits per heavy atom. The van der Waals surface area contributed by atoms with Crippen molar-refractivity contribution in [2.75, 3.05) is 11.9 Å². The van der Waals surface area contributed by atoms with E-state index in [1.807, 2.05) is 17.8 Å². The van der Waals surface area contributed by atoms with Gasteiger partial charge >= 0.3 is 0 Å². The maximum absolute atomic E-state index is 13.2. The fourth-order valence-electron chi connectivity index (χ4n) is 2.73. The van der Waals surface area contributed by atoms with Gasteiger partial charge in [-0.15, -0.1) is 11.8 Å². The zero-order chi connectivity index (χ0) is 11.0. The average Bonchev–Trinajstić information content (AvgIpc) is 2.29. The van der Waals surface area contributed by atoms with Crippen LogP contribution in [0.2, 0.25) is 0 Å². The van der Waals surface area contributed by atoms with Gasteiger partial charge in [0.1, 0.15) is 5.82 Å². The number of anilines is 1. The summed E-state index contributed by atoms with van der Waals surface area (Å²) in [5, 5.41) is 3.46. The minimum Gasteiger partial charge on any atom is -0.383 e. The summed E-state index contributed by atoms with van der Waals surface area (Å²) in [7, 11) is 0. The van der Waals surface area contributed by atoms with Gasteiger partial charge in [-0.25, -0.2) is 4.39 Å². The summed E-state index contributed by atoms with van der Waals surface area (Å²) >= 11 is 1.89. The lowest BCUT2D eigenvalue weighted by Gasteiger charge is -2.40. The Bertz CT molecular complexity index is 399. The lowest BCUT2D eigenvalue weighted by molar-refractivity contribution is 0.408. The predicted molar refractivity (Wildman–Crippen MR) is 66.6 cm³/mol. The summed E-state index contributed by atoms with van der Waals surface area (Å²) in [6, 6.07) is 5.06. The smallest absolute Gasteiger partial charge is 0.124 e. The van der Waals surface area contributed by atoms with E-state index in [4.69, 9.17) is 0 Å². The molecule has 2 aliphatic rings. The Labute approximate surface area is 99.8 Å². The number of fused-ring (bicyclic) bond motifs is 1. The number of rotatable bonds is 0. The van der Waals surface area contributed by atoms with Crippen LogP contribution >= 0.6 is 11.8 Å². The van der Waals surface area contributed by atoms with Gasteiger partial charge in [-0.2, -0.15) is 0 Å². The summed E-state index contributed by atoms with van der Waals surface area (Å²) in [5.74, 6) is -0.124. The highest BCUT2D eigenvalue weighted by molar-refractivity contribution is 8.01. The van der Waals surface area contributed by atoms with Gasteiger partial charge in [-0.05, 0) is 31.0 Å². The number of nitrogens with one attached hydrogen (secondary N) is 1. The first-order valence-corrected chi connectivity index (χ1v) is 6.82.